The van der Waals surface area contributed by atoms with Crippen molar-refractivity contribution in [1.82, 2.24) is 4.90 Å². The fourth-order valence-electron chi connectivity index (χ4n) is 2.76. The van der Waals surface area contributed by atoms with Crippen LogP contribution in [0.3, 0.4) is 0 Å². The number of carbonyl (C=O) groups is 1. The lowest BCUT2D eigenvalue weighted by atomic mass is 9.87. The molecule has 2 nitrogen and oxygen atoms in total. The van der Waals surface area contributed by atoms with Crippen molar-refractivity contribution >= 4 is 12.0 Å². The Hall–Kier alpha value is -1.57. The van der Waals surface area contributed by atoms with Crippen LogP contribution in [0.5, 0.6) is 0 Å². The maximum Gasteiger partial charge on any atom is 0.246 e. The van der Waals surface area contributed by atoms with E-state index in [1.54, 1.807) is 6.08 Å². The number of hydrogen-bond acceptors (Lipinski definition) is 1. The van der Waals surface area contributed by atoms with Crippen molar-refractivity contribution in [2.24, 2.45) is 5.92 Å². The molecule has 0 radical (unpaired) electrons. The van der Waals surface area contributed by atoms with Gasteiger partial charge in [0.05, 0.1) is 0 Å². The van der Waals surface area contributed by atoms with Gasteiger partial charge in [-0.1, -0.05) is 52.0 Å². The largest absolute Gasteiger partial charge is 0.339 e. The van der Waals surface area contributed by atoms with Gasteiger partial charge in [-0.25, -0.2) is 0 Å². The molecule has 0 N–H and O–H groups in total. The third-order valence-electron chi connectivity index (χ3n) is 4.16. The summed E-state index contributed by atoms with van der Waals surface area (Å²) in [6, 6.07) is 8.46. The Morgan fingerprint density at radius 1 is 1.24 bits per heavy atom. The first-order chi connectivity index (χ1) is 9.86. The van der Waals surface area contributed by atoms with Crippen LogP contribution in [0.1, 0.15) is 51.7 Å². The lowest BCUT2D eigenvalue weighted by Gasteiger charge is -2.30. The van der Waals surface area contributed by atoms with Crippen LogP contribution >= 0.6 is 0 Å². The molecule has 2 heteroatoms. The third-order valence-corrected chi connectivity index (χ3v) is 4.16. The predicted molar refractivity (Wildman–Crippen MR) is 89.2 cm³/mol. The Labute approximate surface area is 128 Å². The standard InChI is InChI=1S/C19H27NO/c1-15-6-5-13-20(14-15)18(21)12-9-16-7-10-17(11-8-16)19(2,3)4/h7-12,15H,5-6,13-14H2,1-4H3. The fraction of sp³-hybridized carbons (Fsp3) is 0.526. The van der Waals surface area contributed by atoms with E-state index in [0.29, 0.717) is 5.92 Å². The van der Waals surface area contributed by atoms with Crippen molar-refractivity contribution in [3.8, 4) is 0 Å². The van der Waals surface area contributed by atoms with Crippen molar-refractivity contribution in [2.75, 3.05) is 13.1 Å². The number of piperidine rings is 1. The minimum atomic E-state index is 0.140. The fourth-order valence-corrected chi connectivity index (χ4v) is 2.76. The molecule has 21 heavy (non-hydrogen) atoms. The first-order valence-corrected chi connectivity index (χ1v) is 7.94. The van der Waals surface area contributed by atoms with Gasteiger partial charge in [0, 0.05) is 19.2 Å². The van der Waals surface area contributed by atoms with Crippen molar-refractivity contribution < 1.29 is 4.79 Å². The lowest BCUT2D eigenvalue weighted by molar-refractivity contribution is -0.127. The molecule has 1 unspecified atom stereocenters. The molecular formula is C19H27NO. The Kier molecular flexibility index (Phi) is 4.87. The molecule has 1 fully saturated rings. The molecule has 114 valence electrons. The monoisotopic (exact) mass is 285 g/mol. The van der Waals surface area contributed by atoms with Gasteiger partial charge >= 0.3 is 0 Å². The van der Waals surface area contributed by atoms with E-state index in [1.165, 1.54) is 12.0 Å². The van der Waals surface area contributed by atoms with E-state index in [9.17, 15) is 4.79 Å². The van der Waals surface area contributed by atoms with Crippen molar-refractivity contribution in [3.63, 3.8) is 0 Å². The molecule has 0 aromatic heterocycles. The van der Waals surface area contributed by atoms with Gasteiger partial charge < -0.3 is 4.90 Å². The predicted octanol–water partition coefficient (Wildman–Crippen LogP) is 4.26. The average Bonchev–Trinajstić information content (AvgIpc) is 2.44. The summed E-state index contributed by atoms with van der Waals surface area (Å²) in [6.45, 7) is 10.6. The van der Waals surface area contributed by atoms with Crippen LogP contribution in [0.4, 0.5) is 0 Å². The molecule has 0 saturated carbocycles. The van der Waals surface area contributed by atoms with Crippen LogP contribution in [-0.4, -0.2) is 23.9 Å². The maximum absolute atomic E-state index is 12.2. The Morgan fingerprint density at radius 3 is 2.48 bits per heavy atom. The van der Waals surface area contributed by atoms with E-state index in [0.717, 1.165) is 25.1 Å². The van der Waals surface area contributed by atoms with E-state index < -0.39 is 0 Å². The summed E-state index contributed by atoms with van der Waals surface area (Å²) >= 11 is 0. The molecule has 0 spiro atoms. The number of amides is 1. The number of benzene rings is 1. The number of carbonyl (C=O) groups excluding carboxylic acids is 1. The van der Waals surface area contributed by atoms with Gasteiger partial charge in [-0.15, -0.1) is 0 Å². The summed E-state index contributed by atoms with van der Waals surface area (Å²) in [4.78, 5) is 14.1. The summed E-state index contributed by atoms with van der Waals surface area (Å²) in [5, 5.41) is 0. The number of rotatable bonds is 2. The molecule has 1 atom stereocenters. The molecule has 2 rings (SSSR count). The number of nitrogens with zero attached hydrogens (tertiary/aromatic N) is 1. The van der Waals surface area contributed by atoms with E-state index >= 15 is 0 Å². The van der Waals surface area contributed by atoms with Gasteiger partial charge in [0.15, 0.2) is 0 Å². The van der Waals surface area contributed by atoms with E-state index in [4.69, 9.17) is 0 Å². The molecule has 0 aliphatic carbocycles. The summed E-state index contributed by atoms with van der Waals surface area (Å²) in [7, 11) is 0. The highest BCUT2D eigenvalue weighted by Gasteiger charge is 2.19. The summed E-state index contributed by atoms with van der Waals surface area (Å²) < 4.78 is 0. The highest BCUT2D eigenvalue weighted by molar-refractivity contribution is 5.91. The number of hydrogen-bond donors (Lipinski definition) is 0. The molecular weight excluding hydrogens is 258 g/mol. The zero-order valence-corrected chi connectivity index (χ0v) is 13.7. The SMILES string of the molecule is CC1CCCN(C(=O)C=Cc2ccc(C(C)(C)C)cc2)C1. The molecule has 1 aliphatic heterocycles. The second-order valence-electron chi connectivity index (χ2n) is 7.24. The Balaban J connectivity index is 1.99. The molecule has 1 aromatic rings. The quantitative estimate of drug-likeness (QED) is 0.744. The van der Waals surface area contributed by atoms with Crippen molar-refractivity contribution in [1.29, 1.82) is 0 Å². The van der Waals surface area contributed by atoms with E-state index in [-0.39, 0.29) is 11.3 Å². The first kappa shape index (κ1) is 15.8. The van der Waals surface area contributed by atoms with Crippen molar-refractivity contribution in [3.05, 3.63) is 41.5 Å². The minimum Gasteiger partial charge on any atom is -0.339 e. The second kappa shape index (κ2) is 6.46. The van der Waals surface area contributed by atoms with Crippen LogP contribution < -0.4 is 0 Å². The molecule has 1 saturated heterocycles. The topological polar surface area (TPSA) is 20.3 Å². The van der Waals surface area contributed by atoms with Gasteiger partial charge in [0.25, 0.3) is 0 Å². The van der Waals surface area contributed by atoms with Crippen LogP contribution in [0, 0.1) is 5.92 Å². The van der Waals surface area contributed by atoms with Crippen LogP contribution in [0.25, 0.3) is 6.08 Å². The second-order valence-corrected chi connectivity index (χ2v) is 7.24. The molecule has 0 bridgehead atoms. The van der Waals surface area contributed by atoms with Gasteiger partial charge in [-0.2, -0.15) is 0 Å². The number of likely N-dealkylation sites (tertiary alicyclic amines) is 1. The molecule has 1 heterocycles. The zero-order valence-electron chi connectivity index (χ0n) is 13.7. The summed E-state index contributed by atoms with van der Waals surface area (Å²) in [6.07, 6.45) is 6.00. The maximum atomic E-state index is 12.2. The Bertz CT molecular complexity index is 507. The summed E-state index contributed by atoms with van der Waals surface area (Å²) in [5.41, 5.74) is 2.57. The van der Waals surface area contributed by atoms with Crippen LogP contribution in [-0.2, 0) is 10.2 Å². The lowest BCUT2D eigenvalue weighted by Crippen LogP contribution is -2.38. The molecule has 1 amide bonds. The highest BCUT2D eigenvalue weighted by Crippen LogP contribution is 2.22. The minimum absolute atomic E-state index is 0.140. The normalized spacial score (nSPS) is 20.0. The van der Waals surface area contributed by atoms with Gasteiger partial charge in [0.2, 0.25) is 5.91 Å². The molecule has 1 aromatic carbocycles. The van der Waals surface area contributed by atoms with Gasteiger partial charge in [0.1, 0.15) is 0 Å². The third kappa shape index (κ3) is 4.45. The van der Waals surface area contributed by atoms with Crippen molar-refractivity contribution in [2.45, 2.75) is 46.0 Å². The van der Waals surface area contributed by atoms with Crippen LogP contribution in [0.2, 0.25) is 0 Å². The Morgan fingerprint density at radius 2 is 1.90 bits per heavy atom. The average molecular weight is 285 g/mol. The summed E-state index contributed by atoms with van der Waals surface area (Å²) in [5.74, 6) is 0.767. The zero-order chi connectivity index (χ0) is 15.5. The smallest absolute Gasteiger partial charge is 0.246 e. The highest BCUT2D eigenvalue weighted by atomic mass is 16.2. The van der Waals surface area contributed by atoms with E-state index in [1.807, 2.05) is 11.0 Å². The van der Waals surface area contributed by atoms with Gasteiger partial charge in [-0.3, -0.25) is 4.79 Å². The van der Waals surface area contributed by atoms with Gasteiger partial charge in [-0.05, 0) is 41.4 Å². The van der Waals surface area contributed by atoms with Crippen LogP contribution in [0.15, 0.2) is 30.3 Å². The molecule has 1 aliphatic rings. The first-order valence-electron chi connectivity index (χ1n) is 7.94. The van der Waals surface area contributed by atoms with E-state index in [2.05, 4.69) is 52.0 Å².